The van der Waals surface area contributed by atoms with Crippen LogP contribution in [0, 0.1) is 5.92 Å². The van der Waals surface area contributed by atoms with Gasteiger partial charge in [-0.05, 0) is 54.3 Å². The topological polar surface area (TPSA) is 97.0 Å². The molecule has 0 bridgehead atoms. The van der Waals surface area contributed by atoms with Crippen molar-refractivity contribution < 1.29 is 23.9 Å². The van der Waals surface area contributed by atoms with Gasteiger partial charge in [0, 0.05) is 6.42 Å². The Balaban J connectivity index is 1.59. The van der Waals surface area contributed by atoms with E-state index in [0.29, 0.717) is 11.4 Å². The average Bonchev–Trinajstić information content (AvgIpc) is 3.09. The largest absolute Gasteiger partial charge is 0.497 e. The van der Waals surface area contributed by atoms with E-state index >= 15 is 0 Å². The molecule has 2 N–H and O–H groups in total. The molecule has 170 valence electrons. The fourth-order valence-electron chi connectivity index (χ4n) is 3.67. The predicted octanol–water partition coefficient (Wildman–Crippen LogP) is 3.42. The second kappa shape index (κ2) is 10.2. The van der Waals surface area contributed by atoms with Crippen molar-refractivity contribution in [3.8, 4) is 11.5 Å². The number of amides is 4. The van der Waals surface area contributed by atoms with Crippen LogP contribution in [0.5, 0.6) is 11.5 Å². The second-order valence-corrected chi connectivity index (χ2v) is 7.97. The molecule has 0 aliphatic carbocycles. The van der Waals surface area contributed by atoms with Crippen molar-refractivity contribution in [2.24, 2.45) is 5.92 Å². The zero-order chi connectivity index (χ0) is 23.3. The van der Waals surface area contributed by atoms with E-state index in [4.69, 9.17) is 9.47 Å². The molecular weight excluding hydrogens is 410 g/mol. The standard InChI is InChI=1S/C24H29N3O5/c1-15(2)22(16-5-9-18(31-3)10-6-16)26-21(28)14-13-20-23(29)27(24(30)25-20)17-7-11-19(32-4)12-8-17/h5-12,15,20,22H,13-14H2,1-4H3,(H,25,30)(H,26,28)/t20-,22+/m0/s1. The molecule has 4 amide bonds. The van der Waals surface area contributed by atoms with E-state index in [9.17, 15) is 14.4 Å². The first-order valence-corrected chi connectivity index (χ1v) is 10.6. The van der Waals surface area contributed by atoms with Crippen LogP contribution in [0.2, 0.25) is 0 Å². The summed E-state index contributed by atoms with van der Waals surface area (Å²) in [7, 11) is 3.15. The minimum Gasteiger partial charge on any atom is -0.497 e. The molecule has 32 heavy (non-hydrogen) atoms. The molecule has 0 unspecified atom stereocenters. The first-order valence-electron chi connectivity index (χ1n) is 10.6. The molecular formula is C24H29N3O5. The van der Waals surface area contributed by atoms with Crippen LogP contribution < -0.4 is 25.0 Å². The van der Waals surface area contributed by atoms with Gasteiger partial charge in [-0.15, -0.1) is 0 Å². The van der Waals surface area contributed by atoms with Crippen molar-refractivity contribution in [1.82, 2.24) is 10.6 Å². The zero-order valence-corrected chi connectivity index (χ0v) is 18.8. The van der Waals surface area contributed by atoms with Crippen molar-refractivity contribution in [2.75, 3.05) is 19.1 Å². The molecule has 0 saturated carbocycles. The van der Waals surface area contributed by atoms with E-state index in [1.54, 1.807) is 38.5 Å². The van der Waals surface area contributed by atoms with E-state index in [0.717, 1.165) is 16.2 Å². The maximum Gasteiger partial charge on any atom is 0.329 e. The maximum atomic E-state index is 12.8. The van der Waals surface area contributed by atoms with Crippen molar-refractivity contribution >= 4 is 23.5 Å². The van der Waals surface area contributed by atoms with Gasteiger partial charge >= 0.3 is 6.03 Å². The Labute approximate surface area is 187 Å². The lowest BCUT2D eigenvalue weighted by Crippen LogP contribution is -2.35. The molecule has 2 aromatic rings. The van der Waals surface area contributed by atoms with Gasteiger partial charge in [-0.1, -0.05) is 26.0 Å². The normalized spacial score (nSPS) is 16.7. The Morgan fingerprint density at radius 1 is 1.00 bits per heavy atom. The number of nitrogens with one attached hydrogen (secondary N) is 2. The van der Waals surface area contributed by atoms with Gasteiger partial charge in [-0.2, -0.15) is 0 Å². The maximum absolute atomic E-state index is 12.8. The molecule has 8 nitrogen and oxygen atoms in total. The van der Waals surface area contributed by atoms with Crippen LogP contribution in [-0.2, 0) is 9.59 Å². The highest BCUT2D eigenvalue weighted by Crippen LogP contribution is 2.26. The summed E-state index contributed by atoms with van der Waals surface area (Å²) >= 11 is 0. The lowest BCUT2D eigenvalue weighted by molar-refractivity contribution is -0.122. The van der Waals surface area contributed by atoms with Crippen molar-refractivity contribution in [1.29, 1.82) is 0 Å². The van der Waals surface area contributed by atoms with Gasteiger partial charge < -0.3 is 20.1 Å². The Morgan fingerprint density at radius 2 is 1.56 bits per heavy atom. The summed E-state index contributed by atoms with van der Waals surface area (Å²) in [4.78, 5) is 38.8. The monoisotopic (exact) mass is 439 g/mol. The summed E-state index contributed by atoms with van der Waals surface area (Å²) in [5, 5.41) is 5.71. The number of anilines is 1. The number of methoxy groups -OCH3 is 2. The molecule has 1 heterocycles. The van der Waals surface area contributed by atoms with E-state index in [2.05, 4.69) is 10.6 Å². The molecule has 3 rings (SSSR count). The van der Waals surface area contributed by atoms with Gasteiger partial charge in [-0.3, -0.25) is 9.59 Å². The Hall–Kier alpha value is -3.55. The van der Waals surface area contributed by atoms with Crippen LogP contribution in [0.25, 0.3) is 0 Å². The van der Waals surface area contributed by atoms with Crippen molar-refractivity contribution in [3.63, 3.8) is 0 Å². The minimum atomic E-state index is -0.742. The van der Waals surface area contributed by atoms with Crippen LogP contribution in [0.4, 0.5) is 10.5 Å². The quantitative estimate of drug-likeness (QED) is 0.584. The number of carbonyl (C=O) groups is 3. The molecule has 0 radical (unpaired) electrons. The van der Waals surface area contributed by atoms with Crippen LogP contribution in [0.1, 0.15) is 38.3 Å². The summed E-state index contributed by atoms with van der Waals surface area (Å²) in [6.45, 7) is 4.06. The first-order chi connectivity index (χ1) is 15.3. The fourth-order valence-corrected chi connectivity index (χ4v) is 3.67. The van der Waals surface area contributed by atoms with Gasteiger partial charge in [0.2, 0.25) is 5.91 Å². The van der Waals surface area contributed by atoms with Crippen LogP contribution in [0.15, 0.2) is 48.5 Å². The number of hydrogen-bond donors (Lipinski definition) is 2. The number of hydrogen-bond acceptors (Lipinski definition) is 5. The minimum absolute atomic E-state index is 0.118. The third-order valence-electron chi connectivity index (χ3n) is 5.47. The lowest BCUT2D eigenvalue weighted by atomic mass is 9.95. The van der Waals surface area contributed by atoms with Gasteiger partial charge in [0.1, 0.15) is 17.5 Å². The average molecular weight is 440 g/mol. The molecule has 8 heteroatoms. The van der Waals surface area contributed by atoms with E-state index in [-0.39, 0.29) is 36.6 Å². The second-order valence-electron chi connectivity index (χ2n) is 7.97. The Bertz CT molecular complexity index is 957. The van der Waals surface area contributed by atoms with Crippen molar-refractivity contribution in [2.45, 2.75) is 38.8 Å². The first kappa shape index (κ1) is 23.1. The summed E-state index contributed by atoms with van der Waals surface area (Å²) in [6.07, 6.45) is 0.336. The number of rotatable bonds is 9. The Kier molecular flexibility index (Phi) is 7.35. The fraction of sp³-hybridized carbons (Fsp3) is 0.375. The lowest BCUT2D eigenvalue weighted by Gasteiger charge is -2.23. The summed E-state index contributed by atoms with van der Waals surface area (Å²) < 4.78 is 10.3. The van der Waals surface area contributed by atoms with Crippen LogP contribution in [-0.4, -0.2) is 38.1 Å². The van der Waals surface area contributed by atoms with E-state index in [1.165, 1.54) is 0 Å². The van der Waals surface area contributed by atoms with Gasteiger partial charge in [0.25, 0.3) is 5.91 Å². The number of benzene rings is 2. The van der Waals surface area contributed by atoms with Crippen LogP contribution in [0.3, 0.4) is 0 Å². The number of nitrogens with zero attached hydrogens (tertiary/aromatic N) is 1. The van der Waals surface area contributed by atoms with E-state index in [1.807, 2.05) is 38.1 Å². The summed E-state index contributed by atoms with van der Waals surface area (Å²) in [5.41, 5.74) is 1.43. The molecule has 1 saturated heterocycles. The highest BCUT2D eigenvalue weighted by Gasteiger charge is 2.39. The molecule has 1 fully saturated rings. The molecule has 0 aromatic heterocycles. The summed E-state index contributed by atoms with van der Waals surface area (Å²) in [5.74, 6) is 1.00. The third kappa shape index (κ3) is 5.19. The predicted molar refractivity (Wildman–Crippen MR) is 121 cm³/mol. The van der Waals surface area contributed by atoms with Crippen LogP contribution >= 0.6 is 0 Å². The number of imide groups is 1. The van der Waals surface area contributed by atoms with Gasteiger partial charge in [0.05, 0.1) is 25.9 Å². The van der Waals surface area contributed by atoms with Gasteiger partial charge in [0.15, 0.2) is 0 Å². The number of urea groups is 1. The smallest absolute Gasteiger partial charge is 0.329 e. The number of carbonyl (C=O) groups excluding carboxylic acids is 3. The highest BCUT2D eigenvalue weighted by molar-refractivity contribution is 6.21. The number of ether oxygens (including phenoxy) is 2. The molecule has 1 aliphatic heterocycles. The molecule has 1 aliphatic rings. The molecule has 0 spiro atoms. The molecule has 2 atom stereocenters. The highest BCUT2D eigenvalue weighted by atomic mass is 16.5. The third-order valence-corrected chi connectivity index (χ3v) is 5.47. The SMILES string of the molecule is COc1ccc([C@H](NC(=O)CC[C@@H]2NC(=O)N(c3ccc(OC)cc3)C2=O)C(C)C)cc1. The Morgan fingerprint density at radius 3 is 2.09 bits per heavy atom. The van der Waals surface area contributed by atoms with Gasteiger partial charge in [-0.25, -0.2) is 9.69 Å². The van der Waals surface area contributed by atoms with E-state index < -0.39 is 12.1 Å². The van der Waals surface area contributed by atoms with Crippen molar-refractivity contribution in [3.05, 3.63) is 54.1 Å². The molecule has 2 aromatic carbocycles. The zero-order valence-electron chi connectivity index (χ0n) is 18.8. The summed E-state index contributed by atoms with van der Waals surface area (Å²) in [6, 6.07) is 12.8.